The fraction of sp³-hybridized carbons (Fsp3) is 0.176. The van der Waals surface area contributed by atoms with Crippen molar-refractivity contribution in [3.05, 3.63) is 71.8 Å². The van der Waals surface area contributed by atoms with Crippen LogP contribution in [0.25, 0.3) is 6.08 Å². The third-order valence-electron chi connectivity index (χ3n) is 3.49. The van der Waals surface area contributed by atoms with E-state index in [-0.39, 0.29) is 12.1 Å². The molecule has 0 unspecified atom stereocenters. The molecular weight excluding hydrogens is 234 g/mol. The molecule has 0 amide bonds. The minimum Gasteiger partial charge on any atom is -0.375 e. The lowest BCUT2D eigenvalue weighted by Crippen LogP contribution is -2.28. The van der Waals surface area contributed by atoms with Crippen LogP contribution in [-0.2, 0) is 4.74 Å². The second kappa shape index (κ2) is 5.29. The average molecular weight is 251 g/mol. The molecule has 1 aliphatic rings. The van der Waals surface area contributed by atoms with Crippen molar-refractivity contribution in [2.45, 2.75) is 12.1 Å². The molecule has 1 N–H and O–H groups in total. The molecule has 2 heteroatoms. The van der Waals surface area contributed by atoms with Crippen LogP contribution < -0.4 is 5.32 Å². The van der Waals surface area contributed by atoms with Crippen LogP contribution in [0.1, 0.15) is 17.2 Å². The van der Waals surface area contributed by atoms with Crippen LogP contribution in [0.5, 0.6) is 0 Å². The zero-order valence-electron chi connectivity index (χ0n) is 10.9. The summed E-state index contributed by atoms with van der Waals surface area (Å²) < 4.78 is 5.58. The molecule has 0 aliphatic heterocycles. The molecule has 2 atom stereocenters. The first-order valence-corrected chi connectivity index (χ1v) is 6.50. The number of nitrogens with one attached hydrogen (secondary N) is 1. The van der Waals surface area contributed by atoms with Crippen molar-refractivity contribution in [1.29, 1.82) is 0 Å². The van der Waals surface area contributed by atoms with Gasteiger partial charge in [0.05, 0.1) is 12.1 Å². The van der Waals surface area contributed by atoms with Crippen LogP contribution in [0.15, 0.2) is 60.7 Å². The Kier molecular flexibility index (Phi) is 3.34. The van der Waals surface area contributed by atoms with Gasteiger partial charge < -0.3 is 10.1 Å². The van der Waals surface area contributed by atoms with E-state index in [1.807, 2.05) is 18.2 Å². The molecule has 0 bridgehead atoms. The lowest BCUT2D eigenvalue weighted by Gasteiger charge is -2.30. The summed E-state index contributed by atoms with van der Waals surface area (Å²) in [5, 5.41) is 3.56. The van der Waals surface area contributed by atoms with Gasteiger partial charge >= 0.3 is 0 Å². The van der Waals surface area contributed by atoms with E-state index in [4.69, 9.17) is 4.74 Å². The van der Waals surface area contributed by atoms with Crippen LogP contribution in [-0.4, -0.2) is 13.2 Å². The summed E-state index contributed by atoms with van der Waals surface area (Å²) in [5.41, 5.74) is 3.64. The van der Waals surface area contributed by atoms with Gasteiger partial charge in [-0.15, -0.1) is 0 Å². The number of anilines is 1. The SMILES string of the molecule is CO[C@@H]1C=Cc2ccccc2[C@H]1Nc1ccccc1. The molecular formula is C17H17NO. The quantitative estimate of drug-likeness (QED) is 0.893. The van der Waals surface area contributed by atoms with Gasteiger partial charge in [-0.05, 0) is 23.3 Å². The normalized spacial score (nSPS) is 20.9. The Morgan fingerprint density at radius 1 is 0.947 bits per heavy atom. The molecule has 96 valence electrons. The van der Waals surface area contributed by atoms with Crippen LogP contribution in [0.4, 0.5) is 5.69 Å². The van der Waals surface area contributed by atoms with Crippen molar-refractivity contribution < 1.29 is 4.74 Å². The van der Waals surface area contributed by atoms with E-state index >= 15 is 0 Å². The first-order valence-electron chi connectivity index (χ1n) is 6.50. The first kappa shape index (κ1) is 12.0. The highest BCUT2D eigenvalue weighted by atomic mass is 16.5. The highest BCUT2D eigenvalue weighted by Gasteiger charge is 2.25. The summed E-state index contributed by atoms with van der Waals surface area (Å²) in [6.07, 6.45) is 4.30. The van der Waals surface area contributed by atoms with Crippen molar-refractivity contribution in [3.8, 4) is 0 Å². The predicted molar refractivity (Wildman–Crippen MR) is 79.1 cm³/mol. The lowest BCUT2D eigenvalue weighted by atomic mass is 9.90. The maximum atomic E-state index is 5.58. The minimum absolute atomic E-state index is 0.0510. The number of methoxy groups -OCH3 is 1. The molecule has 19 heavy (non-hydrogen) atoms. The van der Waals surface area contributed by atoms with E-state index in [1.165, 1.54) is 11.1 Å². The second-order valence-electron chi connectivity index (χ2n) is 4.68. The van der Waals surface area contributed by atoms with Gasteiger partial charge in [0, 0.05) is 12.8 Å². The maximum absolute atomic E-state index is 5.58. The van der Waals surface area contributed by atoms with E-state index in [2.05, 4.69) is 53.9 Å². The summed E-state index contributed by atoms with van der Waals surface area (Å²) in [7, 11) is 1.75. The fourth-order valence-electron chi connectivity index (χ4n) is 2.52. The van der Waals surface area contributed by atoms with Gasteiger partial charge in [-0.1, -0.05) is 54.6 Å². The zero-order valence-corrected chi connectivity index (χ0v) is 10.9. The molecule has 0 spiro atoms. The molecule has 0 aromatic heterocycles. The van der Waals surface area contributed by atoms with E-state index in [1.54, 1.807) is 7.11 Å². The molecule has 2 nitrogen and oxygen atoms in total. The van der Waals surface area contributed by atoms with E-state index < -0.39 is 0 Å². The Bertz CT molecular complexity index is 577. The molecule has 2 aromatic carbocycles. The van der Waals surface area contributed by atoms with E-state index in [0.717, 1.165) is 5.69 Å². The highest BCUT2D eigenvalue weighted by Crippen LogP contribution is 2.32. The Morgan fingerprint density at radius 3 is 2.47 bits per heavy atom. The summed E-state index contributed by atoms with van der Waals surface area (Å²) in [6.45, 7) is 0. The van der Waals surface area contributed by atoms with Gasteiger partial charge in [0.1, 0.15) is 0 Å². The largest absolute Gasteiger partial charge is 0.375 e. The second-order valence-corrected chi connectivity index (χ2v) is 4.68. The number of benzene rings is 2. The Hall–Kier alpha value is -2.06. The van der Waals surface area contributed by atoms with Gasteiger partial charge in [0.25, 0.3) is 0 Å². The van der Waals surface area contributed by atoms with Crippen molar-refractivity contribution in [2.75, 3.05) is 12.4 Å². The lowest BCUT2D eigenvalue weighted by molar-refractivity contribution is 0.124. The van der Waals surface area contributed by atoms with Crippen LogP contribution in [0.2, 0.25) is 0 Å². The molecule has 2 aromatic rings. The third kappa shape index (κ3) is 2.40. The summed E-state index contributed by atoms with van der Waals surface area (Å²) in [4.78, 5) is 0. The van der Waals surface area contributed by atoms with Crippen molar-refractivity contribution >= 4 is 11.8 Å². The average Bonchev–Trinajstić information content (AvgIpc) is 2.49. The number of ether oxygens (including phenoxy) is 1. The summed E-state index contributed by atoms with van der Waals surface area (Å²) in [5.74, 6) is 0. The molecule has 1 aliphatic carbocycles. The molecule has 0 saturated heterocycles. The third-order valence-corrected chi connectivity index (χ3v) is 3.49. The van der Waals surface area contributed by atoms with E-state index in [0.29, 0.717) is 0 Å². The number of rotatable bonds is 3. The molecule has 3 rings (SSSR count). The van der Waals surface area contributed by atoms with Crippen LogP contribution in [0, 0.1) is 0 Å². The molecule has 0 heterocycles. The fourth-order valence-corrected chi connectivity index (χ4v) is 2.52. The smallest absolute Gasteiger partial charge is 0.0998 e. The van der Waals surface area contributed by atoms with Crippen LogP contribution >= 0.6 is 0 Å². The van der Waals surface area contributed by atoms with Gasteiger partial charge in [0.2, 0.25) is 0 Å². The Labute approximate surface area is 113 Å². The first-order chi connectivity index (χ1) is 9.38. The Balaban J connectivity index is 1.95. The van der Waals surface area contributed by atoms with Gasteiger partial charge in [-0.25, -0.2) is 0 Å². The molecule has 0 saturated carbocycles. The maximum Gasteiger partial charge on any atom is 0.0998 e. The van der Waals surface area contributed by atoms with Crippen molar-refractivity contribution in [1.82, 2.24) is 0 Å². The van der Waals surface area contributed by atoms with Crippen molar-refractivity contribution in [3.63, 3.8) is 0 Å². The molecule has 0 radical (unpaired) electrons. The highest BCUT2D eigenvalue weighted by molar-refractivity contribution is 5.61. The standard InChI is InChI=1S/C17H17NO/c1-19-16-12-11-13-7-5-6-10-15(13)17(16)18-14-8-3-2-4-9-14/h2-12,16-18H,1H3/t16-,17-/m1/s1. The minimum atomic E-state index is 0.0510. The monoisotopic (exact) mass is 251 g/mol. The zero-order chi connectivity index (χ0) is 13.1. The number of fused-ring (bicyclic) bond motifs is 1. The van der Waals surface area contributed by atoms with E-state index in [9.17, 15) is 0 Å². The summed E-state index contributed by atoms with van der Waals surface area (Å²) >= 11 is 0. The number of hydrogen-bond acceptors (Lipinski definition) is 2. The Morgan fingerprint density at radius 2 is 1.68 bits per heavy atom. The number of para-hydroxylation sites is 1. The van der Waals surface area contributed by atoms with Gasteiger partial charge in [-0.2, -0.15) is 0 Å². The predicted octanol–water partition coefficient (Wildman–Crippen LogP) is 3.88. The van der Waals surface area contributed by atoms with Crippen LogP contribution in [0.3, 0.4) is 0 Å². The van der Waals surface area contributed by atoms with Gasteiger partial charge in [-0.3, -0.25) is 0 Å². The molecule has 0 fully saturated rings. The topological polar surface area (TPSA) is 21.3 Å². The summed E-state index contributed by atoms with van der Waals surface area (Å²) in [6, 6.07) is 18.8. The van der Waals surface area contributed by atoms with Crippen molar-refractivity contribution in [2.24, 2.45) is 0 Å². The number of hydrogen-bond donors (Lipinski definition) is 1. The van der Waals surface area contributed by atoms with Gasteiger partial charge in [0.15, 0.2) is 0 Å².